The Kier molecular flexibility index (Phi) is 5.29. The summed E-state index contributed by atoms with van der Waals surface area (Å²) in [5.41, 5.74) is 8.17. The molecule has 0 aromatic rings. The lowest BCUT2D eigenvalue weighted by Crippen LogP contribution is -2.37. The molecule has 1 unspecified atom stereocenters. The second-order valence-corrected chi connectivity index (χ2v) is 4.80. The van der Waals surface area contributed by atoms with E-state index in [-0.39, 0.29) is 11.8 Å². The van der Waals surface area contributed by atoms with Crippen molar-refractivity contribution in [1.29, 1.82) is 0 Å². The summed E-state index contributed by atoms with van der Waals surface area (Å²) in [6, 6.07) is 0. The highest BCUT2D eigenvalue weighted by atomic mass is 33.1. The predicted molar refractivity (Wildman–Crippen MR) is 57.6 cm³/mol. The molecule has 1 amide bonds. The number of amides is 1. The lowest BCUT2D eigenvalue weighted by atomic mass is 10.1. The first-order valence-electron chi connectivity index (χ1n) is 4.01. The first-order valence-corrected chi connectivity index (χ1v) is 6.33. The van der Waals surface area contributed by atoms with Gasteiger partial charge in [0.05, 0.1) is 5.92 Å². The molecule has 0 aromatic heterocycles. The van der Waals surface area contributed by atoms with Crippen LogP contribution in [0.5, 0.6) is 0 Å². The summed E-state index contributed by atoms with van der Waals surface area (Å²) < 4.78 is 0. The lowest BCUT2D eigenvalue weighted by Gasteiger charge is -2.13. The Morgan fingerprint density at radius 1 is 1.54 bits per heavy atom. The number of allylic oxidation sites excluding steroid dienone is 1. The Morgan fingerprint density at radius 2 is 2.38 bits per heavy atom. The van der Waals surface area contributed by atoms with Crippen LogP contribution in [0.1, 0.15) is 6.42 Å². The third kappa shape index (κ3) is 4.56. The van der Waals surface area contributed by atoms with Crippen molar-refractivity contribution in [3.63, 3.8) is 0 Å². The second-order valence-electron chi connectivity index (χ2n) is 2.66. The highest BCUT2D eigenvalue weighted by Crippen LogP contribution is 2.17. The maximum absolute atomic E-state index is 10.9. The quantitative estimate of drug-likeness (QED) is 0.339. The number of hydrogen-bond acceptors (Lipinski definition) is 5. The number of hydrazine groups is 1. The highest BCUT2D eigenvalue weighted by Gasteiger charge is 2.13. The van der Waals surface area contributed by atoms with E-state index >= 15 is 0 Å². The molecule has 1 aliphatic rings. The van der Waals surface area contributed by atoms with E-state index in [4.69, 9.17) is 5.73 Å². The Morgan fingerprint density at radius 3 is 3.15 bits per heavy atom. The van der Waals surface area contributed by atoms with Gasteiger partial charge in [0.15, 0.2) is 0 Å². The van der Waals surface area contributed by atoms with Gasteiger partial charge in [0.25, 0.3) is 0 Å². The fourth-order valence-electron chi connectivity index (χ4n) is 0.926. The maximum Gasteiger partial charge on any atom is 0.222 e. The molecule has 74 valence electrons. The van der Waals surface area contributed by atoms with Gasteiger partial charge < -0.3 is 5.73 Å². The monoisotopic (exact) mass is 219 g/mol. The van der Waals surface area contributed by atoms with Crippen molar-refractivity contribution in [3.8, 4) is 0 Å². The molecule has 1 aliphatic heterocycles. The standard InChI is InChI=1S/C7H13N3OS2/c8-7(11)6-3-1-2-4-12-13-10-9-5-6/h1-2,6,9-10H,3-5H2,(H2,8,11)/b2-1+. The summed E-state index contributed by atoms with van der Waals surface area (Å²) >= 11 is 0. The van der Waals surface area contributed by atoms with Crippen LogP contribution in [0.25, 0.3) is 0 Å². The molecule has 0 saturated heterocycles. The van der Waals surface area contributed by atoms with Crippen LogP contribution in [-0.2, 0) is 4.79 Å². The predicted octanol–water partition coefficient (Wildman–Crippen LogP) is 0.438. The van der Waals surface area contributed by atoms with Crippen molar-refractivity contribution < 1.29 is 4.79 Å². The molecule has 13 heavy (non-hydrogen) atoms. The third-order valence-electron chi connectivity index (χ3n) is 1.68. The number of nitrogens with two attached hydrogens (primary N) is 1. The molecule has 6 heteroatoms. The van der Waals surface area contributed by atoms with Crippen molar-refractivity contribution in [3.05, 3.63) is 12.2 Å². The van der Waals surface area contributed by atoms with Gasteiger partial charge in [0, 0.05) is 23.3 Å². The lowest BCUT2D eigenvalue weighted by molar-refractivity contribution is -0.121. The first kappa shape index (κ1) is 10.9. The average Bonchev–Trinajstić information content (AvgIpc) is 2.14. The summed E-state index contributed by atoms with van der Waals surface area (Å²) in [7, 11) is 3.22. The van der Waals surface area contributed by atoms with Gasteiger partial charge in [-0.3, -0.25) is 4.79 Å². The first-order chi connectivity index (χ1) is 6.30. The van der Waals surface area contributed by atoms with Gasteiger partial charge in [0.2, 0.25) is 5.91 Å². The summed E-state index contributed by atoms with van der Waals surface area (Å²) in [6.45, 7) is 0.577. The number of carbonyl (C=O) groups excluding carboxylic acids is 1. The molecule has 1 heterocycles. The Bertz CT molecular complexity index is 198. The van der Waals surface area contributed by atoms with E-state index < -0.39 is 0 Å². The minimum absolute atomic E-state index is 0.118. The normalized spacial score (nSPS) is 27.8. The van der Waals surface area contributed by atoms with E-state index in [9.17, 15) is 4.79 Å². The molecule has 4 N–H and O–H groups in total. The Hall–Kier alpha value is -0.170. The van der Waals surface area contributed by atoms with Crippen LogP contribution in [-0.4, -0.2) is 18.2 Å². The van der Waals surface area contributed by atoms with Gasteiger partial charge in [-0.15, -0.1) is 0 Å². The summed E-state index contributed by atoms with van der Waals surface area (Å²) in [5, 5.41) is 0. The molecule has 0 radical (unpaired) electrons. The minimum atomic E-state index is -0.253. The van der Waals surface area contributed by atoms with Crippen LogP contribution >= 0.6 is 21.8 Å². The Balaban J connectivity index is 2.42. The molecule has 0 fully saturated rings. The summed E-state index contributed by atoms with van der Waals surface area (Å²) in [5.74, 6) is 0.565. The topological polar surface area (TPSA) is 67.2 Å². The van der Waals surface area contributed by atoms with Gasteiger partial charge in [-0.2, -0.15) is 4.83 Å². The van der Waals surface area contributed by atoms with E-state index in [0.717, 1.165) is 12.2 Å². The van der Waals surface area contributed by atoms with E-state index in [1.807, 2.05) is 6.08 Å². The zero-order valence-electron chi connectivity index (χ0n) is 7.16. The fraction of sp³-hybridized carbons (Fsp3) is 0.571. The van der Waals surface area contributed by atoms with Gasteiger partial charge in [-0.25, -0.2) is 5.43 Å². The molecule has 0 spiro atoms. The number of carbonyl (C=O) groups is 1. The van der Waals surface area contributed by atoms with Gasteiger partial charge >= 0.3 is 0 Å². The molecular formula is C7H13N3OS2. The van der Waals surface area contributed by atoms with Gasteiger partial charge in [0.1, 0.15) is 0 Å². The number of primary amides is 1. The number of hydrogen-bond donors (Lipinski definition) is 3. The zero-order chi connectivity index (χ0) is 9.52. The van der Waals surface area contributed by atoms with Crippen LogP contribution in [0.15, 0.2) is 12.2 Å². The summed E-state index contributed by atoms with van der Waals surface area (Å²) in [4.78, 5) is 13.9. The molecule has 1 atom stereocenters. The fourth-order valence-corrected chi connectivity index (χ4v) is 2.20. The molecular weight excluding hydrogens is 206 g/mol. The van der Waals surface area contributed by atoms with Crippen molar-refractivity contribution in [1.82, 2.24) is 10.3 Å². The third-order valence-corrected chi connectivity index (χ3v) is 3.36. The number of nitrogens with one attached hydrogen (secondary N) is 2. The van der Waals surface area contributed by atoms with Crippen molar-refractivity contribution in [2.45, 2.75) is 6.42 Å². The van der Waals surface area contributed by atoms with Crippen molar-refractivity contribution in [2.24, 2.45) is 11.7 Å². The van der Waals surface area contributed by atoms with Crippen LogP contribution in [0.2, 0.25) is 0 Å². The minimum Gasteiger partial charge on any atom is -0.369 e. The van der Waals surface area contributed by atoms with Crippen molar-refractivity contribution in [2.75, 3.05) is 12.3 Å². The molecule has 4 nitrogen and oxygen atoms in total. The smallest absolute Gasteiger partial charge is 0.222 e. The van der Waals surface area contributed by atoms with Gasteiger partial charge in [-0.1, -0.05) is 22.9 Å². The van der Waals surface area contributed by atoms with Crippen LogP contribution in [0.4, 0.5) is 0 Å². The van der Waals surface area contributed by atoms with Crippen LogP contribution in [0.3, 0.4) is 0 Å². The summed E-state index contributed by atoms with van der Waals surface area (Å²) in [6.07, 6.45) is 4.78. The van der Waals surface area contributed by atoms with Crippen LogP contribution in [0, 0.1) is 5.92 Å². The Labute approximate surface area is 85.6 Å². The largest absolute Gasteiger partial charge is 0.369 e. The molecule has 0 saturated carbocycles. The highest BCUT2D eigenvalue weighted by molar-refractivity contribution is 8.76. The number of rotatable bonds is 1. The molecule has 0 aromatic carbocycles. The van der Waals surface area contributed by atoms with Crippen molar-refractivity contribution >= 4 is 27.7 Å². The maximum atomic E-state index is 10.9. The SMILES string of the molecule is NC(=O)C1C/C=C/CSSNNC1. The zero-order valence-corrected chi connectivity index (χ0v) is 8.79. The average molecular weight is 219 g/mol. The molecule has 1 rings (SSSR count). The molecule has 0 aliphatic carbocycles. The molecule has 0 bridgehead atoms. The van der Waals surface area contributed by atoms with E-state index in [2.05, 4.69) is 16.3 Å². The second kappa shape index (κ2) is 6.31. The van der Waals surface area contributed by atoms with E-state index in [1.54, 1.807) is 10.8 Å². The van der Waals surface area contributed by atoms with Crippen LogP contribution < -0.4 is 16.0 Å². The van der Waals surface area contributed by atoms with E-state index in [1.165, 1.54) is 11.0 Å². The van der Waals surface area contributed by atoms with Gasteiger partial charge in [-0.05, 0) is 6.42 Å². The van der Waals surface area contributed by atoms with E-state index in [0.29, 0.717) is 6.54 Å².